The molecule has 0 fully saturated rings. The highest BCUT2D eigenvalue weighted by atomic mass is 28.4. The summed E-state index contributed by atoms with van der Waals surface area (Å²) in [4.78, 5) is 26.9. The summed E-state index contributed by atoms with van der Waals surface area (Å²) in [7, 11) is -1.25. The summed E-state index contributed by atoms with van der Waals surface area (Å²) in [5, 5.41) is 11.7. The highest BCUT2D eigenvalue weighted by Gasteiger charge is 2.51. The number of ether oxygens (including phenoxy) is 1. The molecular formula is C26H36O5Si. The number of ketones is 1. The van der Waals surface area contributed by atoms with E-state index in [-0.39, 0.29) is 11.5 Å². The maximum atomic E-state index is 14.1. The van der Waals surface area contributed by atoms with E-state index < -0.39 is 37.7 Å². The topological polar surface area (TPSA) is 72.8 Å². The van der Waals surface area contributed by atoms with Gasteiger partial charge in [-0.1, -0.05) is 88.4 Å². The van der Waals surface area contributed by atoms with Crippen LogP contribution >= 0.6 is 0 Å². The average molecular weight is 457 g/mol. The Balaban J connectivity index is 2.68. The molecule has 2 aromatic carbocycles. The molecule has 2 aromatic rings. The summed E-state index contributed by atoms with van der Waals surface area (Å²) in [5.41, 5.74) is -0.509. The molecule has 0 bridgehead atoms. The molecule has 0 aliphatic rings. The molecule has 3 atom stereocenters. The van der Waals surface area contributed by atoms with Crippen molar-refractivity contribution in [3.05, 3.63) is 71.8 Å². The summed E-state index contributed by atoms with van der Waals surface area (Å²) in [5.74, 6) is -2.37. The van der Waals surface area contributed by atoms with Crippen molar-refractivity contribution in [3.8, 4) is 0 Å². The van der Waals surface area contributed by atoms with Gasteiger partial charge in [0.2, 0.25) is 0 Å². The fourth-order valence-electron chi connectivity index (χ4n) is 3.46. The number of hydrogen-bond acceptors (Lipinski definition) is 5. The summed E-state index contributed by atoms with van der Waals surface area (Å²) < 4.78 is 11.6. The molecule has 1 N–H and O–H groups in total. The quantitative estimate of drug-likeness (QED) is 0.319. The standard InChI is InChI=1S/C26H36O5Si/c1-8-26(29,20-17-13-10-14-18-20)23(31-32(6,7)25(2,3)4)22(27)21(24(28)30-5)19-15-11-9-12-16-19/h9-18,21,23,29H,8H2,1-7H3. The largest absolute Gasteiger partial charge is 0.468 e. The highest BCUT2D eigenvalue weighted by Crippen LogP contribution is 2.42. The van der Waals surface area contributed by atoms with Crippen molar-refractivity contribution < 1.29 is 23.9 Å². The molecule has 0 radical (unpaired) electrons. The first kappa shape index (κ1) is 26.0. The number of benzene rings is 2. The first-order valence-corrected chi connectivity index (χ1v) is 13.9. The van der Waals surface area contributed by atoms with Crippen LogP contribution in [0.5, 0.6) is 0 Å². The number of methoxy groups -OCH3 is 1. The summed E-state index contributed by atoms with van der Waals surface area (Å²) >= 11 is 0. The Morgan fingerprint density at radius 2 is 1.47 bits per heavy atom. The first-order valence-electron chi connectivity index (χ1n) is 11.0. The van der Waals surface area contributed by atoms with Crippen molar-refractivity contribution in [1.29, 1.82) is 0 Å². The molecular weight excluding hydrogens is 420 g/mol. The van der Waals surface area contributed by atoms with Gasteiger partial charge in [-0.25, -0.2) is 0 Å². The van der Waals surface area contributed by atoms with Crippen LogP contribution in [0.4, 0.5) is 0 Å². The van der Waals surface area contributed by atoms with Crippen LogP contribution in [0.15, 0.2) is 60.7 Å². The first-order chi connectivity index (χ1) is 14.9. The normalized spacial score (nSPS) is 16.0. The molecule has 0 amide bonds. The van der Waals surface area contributed by atoms with Crippen LogP contribution in [0.2, 0.25) is 18.1 Å². The number of Topliss-reactive ketones (excluding diaryl/α,β-unsaturated/α-hetero) is 1. The van der Waals surface area contributed by atoms with Crippen molar-refractivity contribution in [1.82, 2.24) is 0 Å². The second-order valence-electron chi connectivity index (χ2n) is 9.67. The molecule has 0 spiro atoms. The number of carbonyl (C=O) groups is 2. The maximum Gasteiger partial charge on any atom is 0.320 e. The molecule has 6 heteroatoms. The lowest BCUT2D eigenvalue weighted by molar-refractivity contribution is -0.154. The van der Waals surface area contributed by atoms with Gasteiger partial charge in [0.05, 0.1) is 7.11 Å². The monoisotopic (exact) mass is 456 g/mol. The molecule has 174 valence electrons. The van der Waals surface area contributed by atoms with Crippen LogP contribution in [-0.4, -0.2) is 38.4 Å². The fraction of sp³-hybridized carbons (Fsp3) is 0.462. The van der Waals surface area contributed by atoms with Gasteiger partial charge in [0, 0.05) is 0 Å². The predicted molar refractivity (Wildman–Crippen MR) is 129 cm³/mol. The second-order valence-corrected chi connectivity index (χ2v) is 14.4. The lowest BCUT2D eigenvalue weighted by Gasteiger charge is -2.44. The summed E-state index contributed by atoms with van der Waals surface area (Å²) in [6.07, 6.45) is -0.995. The zero-order chi connectivity index (χ0) is 24.2. The zero-order valence-electron chi connectivity index (χ0n) is 20.2. The molecule has 2 rings (SSSR count). The van der Waals surface area contributed by atoms with Gasteiger partial charge in [0.25, 0.3) is 0 Å². The minimum atomic E-state index is -2.51. The average Bonchev–Trinajstić information content (AvgIpc) is 2.77. The molecule has 0 aromatic heterocycles. The summed E-state index contributed by atoms with van der Waals surface area (Å²) in [6, 6.07) is 17.9. The van der Waals surface area contributed by atoms with E-state index in [1.54, 1.807) is 36.4 Å². The Morgan fingerprint density at radius 3 is 1.91 bits per heavy atom. The molecule has 0 aliphatic heterocycles. The van der Waals surface area contributed by atoms with Crippen molar-refractivity contribution in [2.45, 2.75) is 69.9 Å². The van der Waals surface area contributed by atoms with Gasteiger partial charge >= 0.3 is 5.97 Å². The lowest BCUT2D eigenvalue weighted by atomic mass is 9.79. The van der Waals surface area contributed by atoms with E-state index in [0.717, 1.165) is 0 Å². The zero-order valence-corrected chi connectivity index (χ0v) is 21.2. The third-order valence-corrected chi connectivity index (χ3v) is 11.0. The van der Waals surface area contributed by atoms with E-state index >= 15 is 0 Å². The van der Waals surface area contributed by atoms with Gasteiger partial charge < -0.3 is 14.3 Å². The van der Waals surface area contributed by atoms with Crippen LogP contribution in [-0.2, 0) is 24.4 Å². The fourth-order valence-corrected chi connectivity index (χ4v) is 4.72. The van der Waals surface area contributed by atoms with Crippen LogP contribution in [0, 0.1) is 0 Å². The van der Waals surface area contributed by atoms with Crippen molar-refractivity contribution in [3.63, 3.8) is 0 Å². The van der Waals surface area contributed by atoms with Crippen molar-refractivity contribution in [2.75, 3.05) is 7.11 Å². The van der Waals surface area contributed by atoms with E-state index in [9.17, 15) is 14.7 Å². The van der Waals surface area contributed by atoms with Crippen LogP contribution < -0.4 is 0 Å². The van der Waals surface area contributed by atoms with Gasteiger partial charge in [0.15, 0.2) is 14.1 Å². The number of aliphatic hydroxyl groups is 1. The third kappa shape index (κ3) is 5.37. The molecule has 0 aliphatic carbocycles. The van der Waals surface area contributed by atoms with E-state index in [1.165, 1.54) is 7.11 Å². The van der Waals surface area contributed by atoms with Crippen molar-refractivity contribution >= 4 is 20.1 Å². The minimum Gasteiger partial charge on any atom is -0.468 e. The van der Waals surface area contributed by atoms with E-state index in [0.29, 0.717) is 11.1 Å². The third-order valence-electron chi connectivity index (χ3n) is 6.58. The Hall–Kier alpha value is -2.28. The molecule has 3 unspecified atom stereocenters. The SMILES string of the molecule is CCC(O)(c1ccccc1)C(O[Si](C)(C)C(C)(C)C)C(=O)C(C(=O)OC)c1ccccc1. The lowest BCUT2D eigenvalue weighted by Crippen LogP contribution is -2.55. The van der Waals surface area contributed by atoms with Crippen LogP contribution in [0.1, 0.15) is 51.2 Å². The second kappa shape index (κ2) is 10.1. The molecule has 5 nitrogen and oxygen atoms in total. The Morgan fingerprint density at radius 1 is 0.969 bits per heavy atom. The van der Waals surface area contributed by atoms with Gasteiger partial charge in [-0.2, -0.15) is 0 Å². The molecule has 0 heterocycles. The smallest absolute Gasteiger partial charge is 0.320 e. The van der Waals surface area contributed by atoms with Crippen LogP contribution in [0.3, 0.4) is 0 Å². The van der Waals surface area contributed by atoms with Gasteiger partial charge in [-0.3, -0.25) is 9.59 Å². The molecule has 0 saturated carbocycles. The van der Waals surface area contributed by atoms with Gasteiger partial charge in [0.1, 0.15) is 17.6 Å². The minimum absolute atomic E-state index is 0.204. The number of carbonyl (C=O) groups excluding carboxylic acids is 2. The molecule has 32 heavy (non-hydrogen) atoms. The Kier molecular flexibility index (Phi) is 8.20. The number of hydrogen-bond donors (Lipinski definition) is 1. The van der Waals surface area contributed by atoms with E-state index in [1.807, 2.05) is 44.3 Å². The summed E-state index contributed by atoms with van der Waals surface area (Å²) in [6.45, 7) is 12.1. The van der Waals surface area contributed by atoms with E-state index in [2.05, 4.69) is 20.8 Å². The Bertz CT molecular complexity index is 905. The number of esters is 1. The van der Waals surface area contributed by atoms with E-state index in [4.69, 9.17) is 9.16 Å². The predicted octanol–water partition coefficient (Wildman–Crippen LogP) is 5.20. The highest BCUT2D eigenvalue weighted by molar-refractivity contribution is 6.74. The maximum absolute atomic E-state index is 14.1. The van der Waals surface area contributed by atoms with Crippen LogP contribution in [0.25, 0.3) is 0 Å². The van der Waals surface area contributed by atoms with Gasteiger partial charge in [-0.05, 0) is 35.7 Å². The number of rotatable bonds is 9. The van der Waals surface area contributed by atoms with Gasteiger partial charge in [-0.15, -0.1) is 0 Å². The molecule has 0 saturated heterocycles. The van der Waals surface area contributed by atoms with Crippen molar-refractivity contribution in [2.24, 2.45) is 0 Å². The Labute approximate surface area is 192 Å².